The molecular weight excluding hydrogens is 140 g/mol. The van der Waals surface area contributed by atoms with Gasteiger partial charge < -0.3 is 9.40 Å². The Kier molecular flexibility index (Phi) is 1.48. The lowest BCUT2D eigenvalue weighted by atomic mass is 10.2. The molecule has 0 spiro atoms. The molecule has 3 heteroatoms. The van der Waals surface area contributed by atoms with E-state index >= 15 is 0 Å². The molecule has 3 nitrogen and oxygen atoms in total. The normalized spacial score (nSPS) is 10.2. The monoisotopic (exact) mass is 148 g/mol. The van der Waals surface area contributed by atoms with Gasteiger partial charge in [-0.2, -0.15) is 0 Å². The van der Waals surface area contributed by atoms with Crippen LogP contribution in [0.3, 0.4) is 0 Å². The van der Waals surface area contributed by atoms with E-state index in [0.717, 1.165) is 17.7 Å². The van der Waals surface area contributed by atoms with Crippen LogP contribution < -0.4 is 0 Å². The van der Waals surface area contributed by atoms with Crippen LogP contribution in [0.15, 0.2) is 35.5 Å². The SMILES string of the molecule is c1ncc(Cc2ccoc2)[nH]1. The third kappa shape index (κ3) is 1.32. The maximum Gasteiger partial charge on any atom is 0.0938 e. The van der Waals surface area contributed by atoms with Gasteiger partial charge >= 0.3 is 0 Å². The highest BCUT2D eigenvalue weighted by molar-refractivity contribution is 5.14. The van der Waals surface area contributed by atoms with Crippen LogP contribution in [0, 0.1) is 0 Å². The molecule has 0 bridgehead atoms. The zero-order valence-corrected chi connectivity index (χ0v) is 5.95. The largest absolute Gasteiger partial charge is 0.472 e. The van der Waals surface area contributed by atoms with E-state index in [1.165, 1.54) is 0 Å². The summed E-state index contributed by atoms with van der Waals surface area (Å²) in [6.07, 6.45) is 7.76. The van der Waals surface area contributed by atoms with E-state index in [9.17, 15) is 0 Å². The van der Waals surface area contributed by atoms with Gasteiger partial charge in [0.05, 0.1) is 18.9 Å². The van der Waals surface area contributed by atoms with Gasteiger partial charge in [0.1, 0.15) is 0 Å². The molecule has 56 valence electrons. The van der Waals surface area contributed by atoms with Crippen molar-refractivity contribution >= 4 is 0 Å². The van der Waals surface area contributed by atoms with Crippen LogP contribution in [-0.2, 0) is 6.42 Å². The zero-order valence-electron chi connectivity index (χ0n) is 5.95. The highest BCUT2D eigenvalue weighted by atomic mass is 16.3. The third-order valence-electron chi connectivity index (χ3n) is 1.53. The maximum absolute atomic E-state index is 4.93. The average Bonchev–Trinajstić information content (AvgIpc) is 2.60. The number of imidazole rings is 1. The number of nitrogens with zero attached hydrogens (tertiary/aromatic N) is 1. The number of aromatic amines is 1. The molecule has 2 aromatic heterocycles. The summed E-state index contributed by atoms with van der Waals surface area (Å²) < 4.78 is 4.93. The lowest BCUT2D eigenvalue weighted by molar-refractivity contribution is 0.564. The molecule has 0 aliphatic carbocycles. The number of hydrogen-bond donors (Lipinski definition) is 1. The second-order valence-electron chi connectivity index (χ2n) is 2.39. The summed E-state index contributed by atoms with van der Waals surface area (Å²) in [5.41, 5.74) is 2.26. The third-order valence-corrected chi connectivity index (χ3v) is 1.53. The Bertz CT molecular complexity index is 264. The van der Waals surface area contributed by atoms with Gasteiger partial charge in [0.15, 0.2) is 0 Å². The smallest absolute Gasteiger partial charge is 0.0938 e. The molecule has 0 atom stereocenters. The van der Waals surface area contributed by atoms with Crippen molar-refractivity contribution in [3.63, 3.8) is 0 Å². The van der Waals surface area contributed by atoms with Crippen LogP contribution >= 0.6 is 0 Å². The Labute approximate surface area is 64.1 Å². The number of rotatable bonds is 2. The Hall–Kier alpha value is -1.51. The van der Waals surface area contributed by atoms with Gasteiger partial charge in [0.25, 0.3) is 0 Å². The standard InChI is InChI=1S/C8H8N2O/c1-2-11-5-7(1)3-8-4-9-6-10-8/h1-2,4-6H,3H2,(H,9,10). The molecule has 0 aromatic carbocycles. The van der Waals surface area contributed by atoms with Crippen molar-refractivity contribution in [2.75, 3.05) is 0 Å². The lowest BCUT2D eigenvalue weighted by Crippen LogP contribution is -1.83. The van der Waals surface area contributed by atoms with Crippen molar-refractivity contribution in [2.24, 2.45) is 0 Å². The highest BCUT2D eigenvalue weighted by Gasteiger charge is 1.96. The van der Waals surface area contributed by atoms with Crippen LogP contribution in [0.5, 0.6) is 0 Å². The summed E-state index contributed by atoms with van der Waals surface area (Å²) in [5, 5.41) is 0. The second kappa shape index (κ2) is 2.62. The van der Waals surface area contributed by atoms with Crippen molar-refractivity contribution in [1.82, 2.24) is 9.97 Å². The van der Waals surface area contributed by atoms with Crippen LogP contribution in [-0.4, -0.2) is 9.97 Å². The summed E-state index contributed by atoms with van der Waals surface area (Å²) in [6.45, 7) is 0. The quantitative estimate of drug-likeness (QED) is 0.702. The van der Waals surface area contributed by atoms with E-state index in [0.29, 0.717) is 0 Å². The number of nitrogens with one attached hydrogen (secondary N) is 1. The number of furan rings is 1. The predicted octanol–water partition coefficient (Wildman–Crippen LogP) is 1.59. The van der Waals surface area contributed by atoms with Gasteiger partial charge in [0, 0.05) is 18.3 Å². The summed E-state index contributed by atoms with van der Waals surface area (Å²) >= 11 is 0. The van der Waals surface area contributed by atoms with Gasteiger partial charge in [-0.25, -0.2) is 4.98 Å². The minimum absolute atomic E-state index is 0.858. The van der Waals surface area contributed by atoms with Crippen molar-refractivity contribution in [2.45, 2.75) is 6.42 Å². The molecule has 0 radical (unpaired) electrons. The molecule has 1 N–H and O–H groups in total. The number of H-pyrrole nitrogens is 1. The molecule has 2 heterocycles. The van der Waals surface area contributed by atoms with Crippen LogP contribution in [0.4, 0.5) is 0 Å². The Morgan fingerprint density at radius 3 is 3.18 bits per heavy atom. The van der Waals surface area contributed by atoms with Crippen LogP contribution in [0.1, 0.15) is 11.3 Å². The first-order chi connectivity index (χ1) is 5.45. The summed E-state index contributed by atoms with van der Waals surface area (Å²) in [7, 11) is 0. The first kappa shape index (κ1) is 6.22. The molecule has 0 aliphatic heterocycles. The molecule has 2 rings (SSSR count). The fraction of sp³-hybridized carbons (Fsp3) is 0.125. The van der Waals surface area contributed by atoms with Gasteiger partial charge in [-0.15, -0.1) is 0 Å². The highest BCUT2D eigenvalue weighted by Crippen LogP contribution is 2.05. The van der Waals surface area contributed by atoms with E-state index in [1.54, 1.807) is 18.9 Å². The van der Waals surface area contributed by atoms with Crippen molar-refractivity contribution in [1.29, 1.82) is 0 Å². The molecule has 2 aromatic rings. The summed E-state index contributed by atoms with van der Waals surface area (Å²) in [6, 6.07) is 1.95. The van der Waals surface area contributed by atoms with Crippen LogP contribution in [0.2, 0.25) is 0 Å². The van der Waals surface area contributed by atoms with E-state index in [4.69, 9.17) is 4.42 Å². The first-order valence-electron chi connectivity index (χ1n) is 3.43. The molecular formula is C8H8N2O. The molecule has 0 aliphatic rings. The number of aromatic nitrogens is 2. The van der Waals surface area contributed by atoms with Gasteiger partial charge in [-0.3, -0.25) is 0 Å². The van der Waals surface area contributed by atoms with Gasteiger partial charge in [0.2, 0.25) is 0 Å². The first-order valence-corrected chi connectivity index (χ1v) is 3.43. The molecule has 0 fully saturated rings. The fourth-order valence-corrected chi connectivity index (χ4v) is 0.995. The predicted molar refractivity (Wildman–Crippen MR) is 40.1 cm³/mol. The molecule has 0 saturated carbocycles. The van der Waals surface area contributed by atoms with Crippen molar-refractivity contribution in [3.8, 4) is 0 Å². The van der Waals surface area contributed by atoms with E-state index in [-0.39, 0.29) is 0 Å². The molecule has 0 amide bonds. The Balaban J connectivity index is 2.14. The Morgan fingerprint density at radius 1 is 1.55 bits per heavy atom. The topological polar surface area (TPSA) is 41.8 Å². The average molecular weight is 148 g/mol. The zero-order chi connectivity index (χ0) is 7.52. The van der Waals surface area contributed by atoms with E-state index in [2.05, 4.69) is 9.97 Å². The lowest BCUT2D eigenvalue weighted by Gasteiger charge is -1.89. The second-order valence-corrected chi connectivity index (χ2v) is 2.39. The molecule has 11 heavy (non-hydrogen) atoms. The fourth-order valence-electron chi connectivity index (χ4n) is 0.995. The summed E-state index contributed by atoms with van der Waals surface area (Å²) in [5.74, 6) is 0. The minimum atomic E-state index is 0.858. The Morgan fingerprint density at radius 2 is 2.55 bits per heavy atom. The van der Waals surface area contributed by atoms with E-state index < -0.39 is 0 Å². The maximum atomic E-state index is 4.93. The van der Waals surface area contributed by atoms with Crippen LogP contribution in [0.25, 0.3) is 0 Å². The molecule has 0 saturated heterocycles. The summed E-state index contributed by atoms with van der Waals surface area (Å²) in [4.78, 5) is 6.94. The molecule has 0 unspecified atom stereocenters. The minimum Gasteiger partial charge on any atom is -0.472 e. The van der Waals surface area contributed by atoms with E-state index in [1.807, 2.05) is 12.3 Å². The van der Waals surface area contributed by atoms with Gasteiger partial charge in [-0.05, 0) is 11.6 Å². The number of hydrogen-bond acceptors (Lipinski definition) is 2. The van der Waals surface area contributed by atoms with Gasteiger partial charge in [-0.1, -0.05) is 0 Å². The van der Waals surface area contributed by atoms with Crippen molar-refractivity contribution < 1.29 is 4.42 Å². The van der Waals surface area contributed by atoms with Crippen molar-refractivity contribution in [3.05, 3.63) is 42.4 Å².